The van der Waals surface area contributed by atoms with Crippen molar-refractivity contribution in [1.82, 2.24) is 15.5 Å². The van der Waals surface area contributed by atoms with Gasteiger partial charge in [-0.25, -0.2) is 4.79 Å². The minimum absolute atomic E-state index is 0.0239. The van der Waals surface area contributed by atoms with Gasteiger partial charge in [0.1, 0.15) is 12.4 Å². The lowest BCUT2D eigenvalue weighted by atomic mass is 9.96. The van der Waals surface area contributed by atoms with Crippen molar-refractivity contribution in [1.29, 1.82) is 0 Å². The molecule has 2 aliphatic rings. The van der Waals surface area contributed by atoms with Crippen molar-refractivity contribution in [3.63, 3.8) is 0 Å². The average Bonchev–Trinajstić information content (AvgIpc) is 3.44. The van der Waals surface area contributed by atoms with Crippen molar-refractivity contribution in [3.05, 3.63) is 59.7 Å². The van der Waals surface area contributed by atoms with E-state index in [0.717, 1.165) is 37.7 Å². The predicted octanol–water partition coefficient (Wildman–Crippen LogP) is 3.25. The third-order valence-corrected chi connectivity index (χ3v) is 7.99. The summed E-state index contributed by atoms with van der Waals surface area (Å²) in [6.07, 6.45) is 5.81. The van der Waals surface area contributed by atoms with Gasteiger partial charge in [0.2, 0.25) is 5.91 Å². The first-order chi connectivity index (χ1) is 20.4. The largest absolute Gasteiger partial charge is 0.491 e. The highest BCUT2D eigenvalue weighted by Crippen LogP contribution is 2.28. The predicted molar refractivity (Wildman–Crippen MR) is 161 cm³/mol. The average molecular weight is 581 g/mol. The molecular weight excluding hydrogens is 536 g/mol. The number of rotatable bonds is 13. The van der Waals surface area contributed by atoms with E-state index in [4.69, 9.17) is 4.74 Å². The highest BCUT2D eigenvalue weighted by molar-refractivity contribution is 5.99. The topological polar surface area (TPSA) is 131 Å². The highest BCUT2D eigenvalue weighted by atomic mass is 16.5. The second-order valence-electron chi connectivity index (χ2n) is 11.1. The molecule has 1 saturated heterocycles. The summed E-state index contributed by atoms with van der Waals surface area (Å²) < 4.78 is 5.62. The minimum atomic E-state index is -1.04. The first-order valence-corrected chi connectivity index (χ1v) is 15.1. The molecule has 2 aromatic carbocycles. The minimum Gasteiger partial charge on any atom is -0.491 e. The van der Waals surface area contributed by atoms with E-state index in [1.807, 2.05) is 37.3 Å². The molecule has 4 amide bonds. The maximum Gasteiger partial charge on any atom is 0.317 e. The molecule has 4 N–H and O–H groups in total. The summed E-state index contributed by atoms with van der Waals surface area (Å²) in [4.78, 5) is 42.4. The number of carbonyl (C=O) groups is 3. The summed E-state index contributed by atoms with van der Waals surface area (Å²) in [7, 11) is 0. The number of carbonyl (C=O) groups excluding carboxylic acids is 3. The van der Waals surface area contributed by atoms with E-state index in [0.29, 0.717) is 37.4 Å². The van der Waals surface area contributed by atoms with Crippen molar-refractivity contribution in [3.8, 4) is 5.75 Å². The molecule has 0 aromatic heterocycles. The number of amides is 4. The standard InChI is InChI=1S/C32H44N4O6/c1-2-35(32(41)33-25-12-7-4-8-13-25)22-29(38)28(18-23-10-5-3-6-11-23)34-31(40)24-19-26(36-15-9-14-30(36)39)21-27(20-24)42-17-16-37/h3,5-6,10-11,19-21,25,28-29,37-38H,2,4,7-9,12-18,22H2,1H3,(H,33,41)(H,34,40)/t28-,29-/m0/s1. The molecule has 10 heteroatoms. The Morgan fingerprint density at radius 3 is 2.52 bits per heavy atom. The van der Waals surface area contributed by atoms with Crippen LogP contribution in [0.15, 0.2) is 48.5 Å². The third-order valence-electron chi connectivity index (χ3n) is 7.99. The van der Waals surface area contributed by atoms with Crippen LogP contribution in [0.3, 0.4) is 0 Å². The summed E-state index contributed by atoms with van der Waals surface area (Å²) in [5, 5.41) is 26.8. The van der Waals surface area contributed by atoms with E-state index < -0.39 is 18.1 Å². The van der Waals surface area contributed by atoms with Crippen LogP contribution in [-0.2, 0) is 11.2 Å². The fraction of sp³-hybridized carbons (Fsp3) is 0.531. The Balaban J connectivity index is 1.52. The number of hydrogen-bond acceptors (Lipinski definition) is 6. The summed E-state index contributed by atoms with van der Waals surface area (Å²) in [6.45, 7) is 2.75. The van der Waals surface area contributed by atoms with Crippen LogP contribution in [0.25, 0.3) is 0 Å². The summed E-state index contributed by atoms with van der Waals surface area (Å²) in [6, 6.07) is 13.7. The molecule has 1 saturated carbocycles. The van der Waals surface area contributed by atoms with Gasteiger partial charge in [-0.1, -0.05) is 49.6 Å². The van der Waals surface area contributed by atoms with Crippen molar-refractivity contribution in [2.24, 2.45) is 0 Å². The number of hydrogen-bond donors (Lipinski definition) is 4. The van der Waals surface area contributed by atoms with Gasteiger partial charge in [0.05, 0.1) is 25.3 Å². The van der Waals surface area contributed by atoms with Gasteiger partial charge >= 0.3 is 6.03 Å². The molecule has 0 bridgehead atoms. The normalized spacial score (nSPS) is 17.0. The molecular formula is C32H44N4O6. The van der Waals surface area contributed by atoms with Crippen LogP contribution >= 0.6 is 0 Å². The Bertz CT molecular complexity index is 1190. The number of benzene rings is 2. The second-order valence-corrected chi connectivity index (χ2v) is 11.1. The summed E-state index contributed by atoms with van der Waals surface area (Å²) in [5.41, 5.74) is 1.75. The number of likely N-dealkylation sites (N-methyl/N-ethyl adjacent to an activating group) is 1. The van der Waals surface area contributed by atoms with E-state index in [9.17, 15) is 24.6 Å². The van der Waals surface area contributed by atoms with E-state index in [1.165, 1.54) is 6.42 Å². The first-order valence-electron chi connectivity index (χ1n) is 15.1. The quantitative estimate of drug-likeness (QED) is 0.288. The lowest BCUT2D eigenvalue weighted by Crippen LogP contribution is -2.53. The molecule has 1 aliphatic heterocycles. The Morgan fingerprint density at radius 2 is 1.86 bits per heavy atom. The number of nitrogens with one attached hydrogen (secondary N) is 2. The van der Waals surface area contributed by atoms with Gasteiger partial charge in [-0.2, -0.15) is 0 Å². The van der Waals surface area contributed by atoms with Crippen LogP contribution in [0.4, 0.5) is 10.5 Å². The van der Waals surface area contributed by atoms with Crippen LogP contribution in [-0.4, -0.2) is 84.0 Å². The van der Waals surface area contributed by atoms with E-state index in [2.05, 4.69) is 10.6 Å². The zero-order valence-corrected chi connectivity index (χ0v) is 24.5. The van der Waals surface area contributed by atoms with Gasteiger partial charge in [-0.15, -0.1) is 0 Å². The summed E-state index contributed by atoms with van der Waals surface area (Å²) in [5.74, 6) is -0.0978. The van der Waals surface area contributed by atoms with E-state index >= 15 is 0 Å². The Labute approximate surface area is 248 Å². The molecule has 1 aliphatic carbocycles. The van der Waals surface area contributed by atoms with Crippen molar-refractivity contribution in [2.45, 2.75) is 76.5 Å². The Hall–Kier alpha value is -3.63. The number of urea groups is 1. The number of ether oxygens (including phenoxy) is 1. The van der Waals surface area contributed by atoms with Gasteiger partial charge in [0.15, 0.2) is 0 Å². The van der Waals surface area contributed by atoms with Crippen LogP contribution in [0.1, 0.15) is 67.8 Å². The number of aliphatic hydroxyl groups excluding tert-OH is 2. The molecule has 2 aromatic rings. The lowest BCUT2D eigenvalue weighted by Gasteiger charge is -2.32. The summed E-state index contributed by atoms with van der Waals surface area (Å²) >= 11 is 0. The van der Waals surface area contributed by atoms with Crippen LogP contribution < -0.4 is 20.3 Å². The molecule has 42 heavy (non-hydrogen) atoms. The molecule has 1 heterocycles. The van der Waals surface area contributed by atoms with Gasteiger partial charge < -0.3 is 35.4 Å². The van der Waals surface area contributed by atoms with Crippen LogP contribution in [0, 0.1) is 0 Å². The molecule has 0 radical (unpaired) electrons. The van der Waals surface area contributed by atoms with Gasteiger partial charge in [-0.3, -0.25) is 9.59 Å². The molecule has 2 atom stereocenters. The molecule has 0 spiro atoms. The zero-order chi connectivity index (χ0) is 29.9. The van der Waals surface area contributed by atoms with E-state index in [1.54, 1.807) is 28.0 Å². The van der Waals surface area contributed by atoms with E-state index in [-0.39, 0.29) is 43.3 Å². The SMILES string of the molecule is CCN(C[C@H](O)[C@H](Cc1ccccc1)NC(=O)c1cc(OCCO)cc(N2CCCC2=O)c1)C(=O)NC1CCCCC1. The molecule has 0 unspecified atom stereocenters. The maximum absolute atomic E-state index is 13.7. The van der Waals surface area contributed by atoms with Crippen molar-refractivity contribution >= 4 is 23.5 Å². The molecule has 4 rings (SSSR count). The Morgan fingerprint density at radius 1 is 1.10 bits per heavy atom. The zero-order valence-electron chi connectivity index (χ0n) is 24.5. The van der Waals surface area contributed by atoms with Gasteiger partial charge in [-0.05, 0) is 50.3 Å². The molecule has 2 fully saturated rings. The fourth-order valence-electron chi connectivity index (χ4n) is 5.66. The first kappa shape index (κ1) is 31.3. The van der Waals surface area contributed by atoms with Crippen LogP contribution in [0.5, 0.6) is 5.75 Å². The molecule has 10 nitrogen and oxygen atoms in total. The van der Waals surface area contributed by atoms with Crippen molar-refractivity contribution < 1.29 is 29.3 Å². The van der Waals surface area contributed by atoms with Crippen LogP contribution in [0.2, 0.25) is 0 Å². The fourth-order valence-corrected chi connectivity index (χ4v) is 5.66. The maximum atomic E-state index is 13.7. The van der Waals surface area contributed by atoms with Crippen molar-refractivity contribution in [2.75, 3.05) is 37.7 Å². The smallest absolute Gasteiger partial charge is 0.317 e. The van der Waals surface area contributed by atoms with Gasteiger partial charge in [0, 0.05) is 42.9 Å². The third kappa shape index (κ3) is 8.69. The monoisotopic (exact) mass is 580 g/mol. The highest BCUT2D eigenvalue weighted by Gasteiger charge is 2.28. The van der Waals surface area contributed by atoms with Gasteiger partial charge in [0.25, 0.3) is 5.91 Å². The number of aliphatic hydroxyl groups is 2. The lowest BCUT2D eigenvalue weighted by molar-refractivity contribution is -0.117. The molecule has 228 valence electrons. The number of anilines is 1. The Kier molecular flexibility index (Phi) is 11.6. The number of nitrogens with zero attached hydrogens (tertiary/aromatic N) is 2. The second kappa shape index (κ2) is 15.6.